The van der Waals surface area contributed by atoms with Gasteiger partial charge in [0.15, 0.2) is 0 Å². The fraction of sp³-hybridized carbons (Fsp3) is 0.133. The third kappa shape index (κ3) is 3.13. The zero-order valence-corrected chi connectivity index (χ0v) is 11.1. The van der Waals surface area contributed by atoms with Crippen molar-refractivity contribution in [3.63, 3.8) is 0 Å². The first kappa shape index (κ1) is 14.0. The topological polar surface area (TPSA) is 67.2 Å². The summed E-state index contributed by atoms with van der Waals surface area (Å²) in [6, 6.07) is 11.4. The van der Waals surface area contributed by atoms with Crippen LogP contribution in [0.3, 0.4) is 0 Å². The number of carbonyl (C=O) groups excluding carboxylic acids is 1. The number of rotatable bonds is 4. The number of carbonyl (C=O) groups is 1. The lowest BCUT2D eigenvalue weighted by molar-refractivity contribution is 0.102. The molecule has 0 aliphatic heterocycles. The summed E-state index contributed by atoms with van der Waals surface area (Å²) in [4.78, 5) is 12.0. The third-order valence-corrected chi connectivity index (χ3v) is 2.87. The van der Waals surface area contributed by atoms with Crippen LogP contribution < -0.4 is 16.4 Å². The van der Waals surface area contributed by atoms with Crippen LogP contribution in [0.15, 0.2) is 42.5 Å². The molecular weight excluding hydrogens is 257 g/mol. The van der Waals surface area contributed by atoms with Gasteiger partial charge >= 0.3 is 0 Å². The molecule has 4 nitrogen and oxygen atoms in total. The van der Waals surface area contributed by atoms with Gasteiger partial charge in [0.05, 0.1) is 16.9 Å². The predicted molar refractivity (Wildman–Crippen MR) is 78.0 cm³/mol. The minimum atomic E-state index is -0.551. The van der Waals surface area contributed by atoms with Crippen LogP contribution in [0.2, 0.25) is 0 Å². The van der Waals surface area contributed by atoms with E-state index in [2.05, 4.69) is 10.6 Å². The van der Waals surface area contributed by atoms with E-state index >= 15 is 0 Å². The normalized spacial score (nSPS) is 10.3. The Kier molecular flexibility index (Phi) is 4.32. The second-order valence-electron chi connectivity index (χ2n) is 4.39. The zero-order chi connectivity index (χ0) is 14.5. The molecule has 0 saturated heterocycles. The van der Waals surface area contributed by atoms with Crippen molar-refractivity contribution in [2.75, 3.05) is 18.1 Å². The molecule has 0 atom stereocenters. The number of nitrogens with one attached hydrogen (secondary N) is 2. The van der Waals surface area contributed by atoms with Crippen LogP contribution in [-0.2, 0) is 6.54 Å². The summed E-state index contributed by atoms with van der Waals surface area (Å²) in [6.45, 7) is 0.546. The monoisotopic (exact) mass is 273 g/mol. The van der Waals surface area contributed by atoms with Crippen LogP contribution in [0.4, 0.5) is 15.8 Å². The van der Waals surface area contributed by atoms with Crippen molar-refractivity contribution in [2.24, 2.45) is 0 Å². The molecule has 0 fully saturated rings. The molecule has 0 radical (unpaired) electrons. The molecule has 0 aliphatic rings. The molecule has 0 saturated carbocycles. The van der Waals surface area contributed by atoms with Crippen molar-refractivity contribution in [1.29, 1.82) is 0 Å². The van der Waals surface area contributed by atoms with Gasteiger partial charge in [0.2, 0.25) is 0 Å². The average molecular weight is 273 g/mol. The minimum absolute atomic E-state index is 0.00638. The Labute approximate surface area is 116 Å². The van der Waals surface area contributed by atoms with Crippen LogP contribution in [0.1, 0.15) is 15.9 Å². The van der Waals surface area contributed by atoms with E-state index in [-0.39, 0.29) is 5.56 Å². The standard InChI is InChI=1S/C15H16FN3O/c1-18-9-10-6-7-11(12(16)8-10)15(20)19-14-5-3-2-4-13(14)17/h2-8,18H,9,17H2,1H3,(H,19,20). The second-order valence-corrected chi connectivity index (χ2v) is 4.39. The maximum atomic E-state index is 13.9. The minimum Gasteiger partial charge on any atom is -0.397 e. The summed E-state index contributed by atoms with van der Waals surface area (Å²) < 4.78 is 13.9. The Morgan fingerprint density at radius 2 is 2.00 bits per heavy atom. The molecule has 2 aromatic carbocycles. The number of hydrogen-bond donors (Lipinski definition) is 3. The van der Waals surface area contributed by atoms with Crippen molar-refractivity contribution < 1.29 is 9.18 Å². The van der Waals surface area contributed by atoms with E-state index < -0.39 is 11.7 Å². The van der Waals surface area contributed by atoms with Gasteiger partial charge < -0.3 is 16.4 Å². The van der Waals surface area contributed by atoms with E-state index in [4.69, 9.17) is 5.73 Å². The third-order valence-electron chi connectivity index (χ3n) is 2.87. The molecular formula is C15H16FN3O. The Hall–Kier alpha value is -2.40. The number of halogens is 1. The summed E-state index contributed by atoms with van der Waals surface area (Å²) in [7, 11) is 1.77. The number of nitrogens with two attached hydrogens (primary N) is 1. The quantitative estimate of drug-likeness (QED) is 0.749. The summed E-state index contributed by atoms with van der Waals surface area (Å²) in [5.74, 6) is -1.07. The molecule has 4 N–H and O–H groups in total. The summed E-state index contributed by atoms with van der Waals surface area (Å²) in [6.07, 6.45) is 0. The first-order valence-electron chi connectivity index (χ1n) is 6.20. The molecule has 1 amide bonds. The Balaban J connectivity index is 2.19. The van der Waals surface area contributed by atoms with Crippen LogP contribution in [0, 0.1) is 5.82 Å². The van der Waals surface area contributed by atoms with Gasteiger partial charge in [-0.15, -0.1) is 0 Å². The molecule has 20 heavy (non-hydrogen) atoms. The number of amides is 1. The molecule has 0 bridgehead atoms. The first-order valence-corrected chi connectivity index (χ1v) is 6.20. The molecule has 0 unspecified atom stereocenters. The molecule has 5 heteroatoms. The number of hydrogen-bond acceptors (Lipinski definition) is 3. The predicted octanol–water partition coefficient (Wildman–Crippen LogP) is 2.38. The van der Waals surface area contributed by atoms with Crippen LogP contribution in [0.5, 0.6) is 0 Å². The molecule has 104 valence electrons. The van der Waals surface area contributed by atoms with E-state index in [0.29, 0.717) is 17.9 Å². The Morgan fingerprint density at radius 1 is 1.25 bits per heavy atom. The summed E-state index contributed by atoms with van der Waals surface area (Å²) >= 11 is 0. The van der Waals surface area contributed by atoms with Gasteiger partial charge in [-0.2, -0.15) is 0 Å². The van der Waals surface area contributed by atoms with E-state index in [1.165, 1.54) is 12.1 Å². The van der Waals surface area contributed by atoms with E-state index in [9.17, 15) is 9.18 Å². The van der Waals surface area contributed by atoms with Crippen molar-refractivity contribution >= 4 is 17.3 Å². The van der Waals surface area contributed by atoms with Crippen LogP contribution >= 0.6 is 0 Å². The lowest BCUT2D eigenvalue weighted by Crippen LogP contribution is -2.15. The Bertz CT molecular complexity index is 628. The van der Waals surface area contributed by atoms with Crippen molar-refractivity contribution in [1.82, 2.24) is 5.32 Å². The SMILES string of the molecule is CNCc1ccc(C(=O)Nc2ccccc2N)c(F)c1. The molecule has 0 heterocycles. The lowest BCUT2D eigenvalue weighted by atomic mass is 10.1. The zero-order valence-electron chi connectivity index (χ0n) is 11.1. The molecule has 2 aromatic rings. The van der Waals surface area contributed by atoms with Gasteiger partial charge in [-0.05, 0) is 36.9 Å². The molecule has 0 spiro atoms. The molecule has 0 aromatic heterocycles. The van der Waals surface area contributed by atoms with E-state index in [1.54, 1.807) is 37.4 Å². The van der Waals surface area contributed by atoms with Gasteiger partial charge in [0.25, 0.3) is 5.91 Å². The number of nitrogen functional groups attached to an aromatic ring is 1. The second kappa shape index (κ2) is 6.16. The van der Waals surface area contributed by atoms with Crippen molar-refractivity contribution in [2.45, 2.75) is 6.54 Å². The largest absolute Gasteiger partial charge is 0.397 e. The average Bonchev–Trinajstić information content (AvgIpc) is 2.42. The van der Waals surface area contributed by atoms with Crippen LogP contribution in [-0.4, -0.2) is 13.0 Å². The van der Waals surface area contributed by atoms with Crippen LogP contribution in [0.25, 0.3) is 0 Å². The number of anilines is 2. The van der Waals surface area contributed by atoms with E-state index in [1.807, 2.05) is 0 Å². The smallest absolute Gasteiger partial charge is 0.258 e. The summed E-state index contributed by atoms with van der Waals surface area (Å²) in [5.41, 5.74) is 7.41. The number of para-hydroxylation sites is 2. The molecule has 0 aliphatic carbocycles. The fourth-order valence-corrected chi connectivity index (χ4v) is 1.86. The Morgan fingerprint density at radius 3 is 2.65 bits per heavy atom. The highest BCUT2D eigenvalue weighted by molar-refractivity contribution is 6.05. The highest BCUT2D eigenvalue weighted by Gasteiger charge is 2.13. The van der Waals surface area contributed by atoms with Gasteiger partial charge in [-0.25, -0.2) is 4.39 Å². The summed E-state index contributed by atoms with van der Waals surface area (Å²) in [5, 5.41) is 5.52. The van der Waals surface area contributed by atoms with Gasteiger partial charge in [0.1, 0.15) is 5.82 Å². The van der Waals surface area contributed by atoms with Crippen molar-refractivity contribution in [3.8, 4) is 0 Å². The van der Waals surface area contributed by atoms with Gasteiger partial charge in [-0.3, -0.25) is 4.79 Å². The van der Waals surface area contributed by atoms with Crippen molar-refractivity contribution in [3.05, 3.63) is 59.4 Å². The number of benzene rings is 2. The maximum Gasteiger partial charge on any atom is 0.258 e. The molecule has 2 rings (SSSR count). The van der Waals surface area contributed by atoms with Gasteiger partial charge in [0, 0.05) is 6.54 Å². The van der Waals surface area contributed by atoms with E-state index in [0.717, 1.165) is 5.56 Å². The highest BCUT2D eigenvalue weighted by Crippen LogP contribution is 2.19. The highest BCUT2D eigenvalue weighted by atomic mass is 19.1. The lowest BCUT2D eigenvalue weighted by Gasteiger charge is -2.09. The first-order chi connectivity index (χ1) is 9.61. The van der Waals surface area contributed by atoms with Gasteiger partial charge in [-0.1, -0.05) is 18.2 Å². The fourth-order valence-electron chi connectivity index (χ4n) is 1.86. The maximum absolute atomic E-state index is 13.9.